The highest BCUT2D eigenvalue weighted by atomic mass is 35.5. The molecule has 1 aromatic rings. The highest BCUT2D eigenvalue weighted by Crippen LogP contribution is 2.32. The number of nitrogens with one attached hydrogen (secondary N) is 1. The summed E-state index contributed by atoms with van der Waals surface area (Å²) in [5.74, 6) is 0.705. The van der Waals surface area contributed by atoms with Crippen LogP contribution >= 0.6 is 11.6 Å². The molecule has 3 rings (SSSR count). The summed E-state index contributed by atoms with van der Waals surface area (Å²) < 4.78 is 5.92. The largest absolute Gasteiger partial charge is 0.489 e. The molecule has 0 saturated heterocycles. The molecule has 5 heteroatoms. The molecule has 2 fully saturated rings. The van der Waals surface area contributed by atoms with E-state index in [1.54, 1.807) is 6.07 Å². The molecule has 0 atom stereocenters. The number of hydrogen-bond donors (Lipinski definition) is 1. The zero-order chi connectivity index (χ0) is 15.5. The first-order valence-corrected chi connectivity index (χ1v) is 8.46. The minimum atomic E-state index is -0.00470. The molecule has 120 valence electrons. The smallest absolute Gasteiger partial charge is 0.238 e. The van der Waals surface area contributed by atoms with Gasteiger partial charge in [-0.2, -0.15) is 0 Å². The van der Waals surface area contributed by atoms with Gasteiger partial charge in [0.25, 0.3) is 0 Å². The Balaban J connectivity index is 1.55. The topological polar surface area (TPSA) is 41.6 Å². The Bertz CT molecular complexity index is 539. The number of amides is 1. The van der Waals surface area contributed by atoms with Crippen molar-refractivity contribution in [3.05, 3.63) is 23.2 Å². The van der Waals surface area contributed by atoms with E-state index >= 15 is 0 Å². The van der Waals surface area contributed by atoms with E-state index in [0.29, 0.717) is 23.4 Å². The fourth-order valence-electron chi connectivity index (χ4n) is 2.93. The molecule has 22 heavy (non-hydrogen) atoms. The van der Waals surface area contributed by atoms with Gasteiger partial charge >= 0.3 is 0 Å². The molecular formula is C17H23ClN2O2. The van der Waals surface area contributed by atoms with Gasteiger partial charge in [-0.25, -0.2) is 0 Å². The van der Waals surface area contributed by atoms with E-state index in [1.807, 2.05) is 19.2 Å². The summed E-state index contributed by atoms with van der Waals surface area (Å²) in [6.45, 7) is 0.419. The predicted molar refractivity (Wildman–Crippen MR) is 88.6 cm³/mol. The highest BCUT2D eigenvalue weighted by molar-refractivity contribution is 6.32. The maximum atomic E-state index is 12.0. The van der Waals surface area contributed by atoms with Gasteiger partial charge in [-0.1, -0.05) is 11.6 Å². The average molecular weight is 323 g/mol. The van der Waals surface area contributed by atoms with E-state index in [0.717, 1.165) is 18.5 Å². The molecule has 1 N–H and O–H groups in total. The van der Waals surface area contributed by atoms with E-state index < -0.39 is 0 Å². The van der Waals surface area contributed by atoms with Crippen molar-refractivity contribution in [2.24, 2.45) is 0 Å². The number of benzene rings is 1. The summed E-state index contributed by atoms with van der Waals surface area (Å²) in [5.41, 5.74) is 0.720. The number of carbonyl (C=O) groups is 1. The van der Waals surface area contributed by atoms with Crippen molar-refractivity contribution in [3.63, 3.8) is 0 Å². The van der Waals surface area contributed by atoms with Gasteiger partial charge in [-0.05, 0) is 63.8 Å². The van der Waals surface area contributed by atoms with Crippen molar-refractivity contribution in [2.75, 3.05) is 18.9 Å². The predicted octanol–water partition coefficient (Wildman–Crippen LogP) is 3.69. The van der Waals surface area contributed by atoms with Crippen molar-refractivity contribution in [2.45, 2.75) is 50.7 Å². The molecule has 0 aliphatic heterocycles. The van der Waals surface area contributed by atoms with Crippen LogP contribution in [0.15, 0.2) is 18.2 Å². The molecule has 2 aliphatic carbocycles. The lowest BCUT2D eigenvalue weighted by molar-refractivity contribution is -0.117. The van der Waals surface area contributed by atoms with Gasteiger partial charge in [0.1, 0.15) is 5.75 Å². The van der Waals surface area contributed by atoms with Crippen molar-refractivity contribution in [1.29, 1.82) is 0 Å². The van der Waals surface area contributed by atoms with Crippen LogP contribution in [0.1, 0.15) is 38.5 Å². The summed E-state index contributed by atoms with van der Waals surface area (Å²) in [7, 11) is 1.99. The Hall–Kier alpha value is -1.26. The molecule has 1 amide bonds. The monoisotopic (exact) mass is 322 g/mol. The molecule has 0 radical (unpaired) electrons. The van der Waals surface area contributed by atoms with E-state index in [2.05, 4.69) is 10.2 Å². The van der Waals surface area contributed by atoms with Crippen molar-refractivity contribution < 1.29 is 9.53 Å². The van der Waals surface area contributed by atoms with Crippen LogP contribution in [0.4, 0.5) is 5.69 Å². The average Bonchev–Trinajstić information content (AvgIpc) is 3.20. The van der Waals surface area contributed by atoms with E-state index in [1.165, 1.54) is 25.7 Å². The second-order valence-electron chi connectivity index (χ2n) is 6.36. The summed E-state index contributed by atoms with van der Waals surface area (Å²) in [5, 5.41) is 3.45. The van der Waals surface area contributed by atoms with Gasteiger partial charge in [0.05, 0.1) is 17.7 Å². The summed E-state index contributed by atoms with van der Waals surface area (Å²) in [6.07, 6.45) is 7.33. The summed E-state index contributed by atoms with van der Waals surface area (Å²) in [6, 6.07) is 6.05. The Morgan fingerprint density at radius 3 is 2.68 bits per heavy atom. The molecule has 2 saturated carbocycles. The zero-order valence-corrected chi connectivity index (χ0v) is 13.7. The minimum Gasteiger partial charge on any atom is -0.489 e. The Morgan fingerprint density at radius 1 is 1.32 bits per heavy atom. The lowest BCUT2D eigenvalue weighted by atomic mass is 10.2. The van der Waals surface area contributed by atoms with Gasteiger partial charge in [-0.15, -0.1) is 0 Å². The van der Waals surface area contributed by atoms with Gasteiger partial charge in [0, 0.05) is 11.7 Å². The fourth-order valence-corrected chi connectivity index (χ4v) is 3.16. The molecule has 0 heterocycles. The third-order valence-electron chi connectivity index (χ3n) is 4.37. The molecule has 4 nitrogen and oxygen atoms in total. The maximum Gasteiger partial charge on any atom is 0.238 e. The van der Waals surface area contributed by atoms with Gasteiger partial charge < -0.3 is 10.1 Å². The minimum absolute atomic E-state index is 0.00470. The molecule has 2 aliphatic rings. The standard InChI is InChI=1S/C17H23ClN2O2/c1-20(13-7-8-13)11-17(21)19-12-6-9-16(15(18)10-12)22-14-4-2-3-5-14/h6,9-10,13-14H,2-5,7-8,11H2,1H3,(H,19,21). The van der Waals surface area contributed by atoms with Crippen LogP contribution in [0.25, 0.3) is 0 Å². The Kier molecular flexibility index (Phi) is 4.89. The summed E-state index contributed by atoms with van der Waals surface area (Å²) >= 11 is 6.27. The van der Waals surface area contributed by atoms with Crippen LogP contribution in [0.5, 0.6) is 5.75 Å². The van der Waals surface area contributed by atoms with Crippen molar-refractivity contribution in [1.82, 2.24) is 4.90 Å². The first kappa shape index (κ1) is 15.6. The van der Waals surface area contributed by atoms with Crippen LogP contribution in [0.3, 0.4) is 0 Å². The highest BCUT2D eigenvalue weighted by Gasteiger charge is 2.27. The number of ether oxygens (including phenoxy) is 1. The molecule has 1 aromatic carbocycles. The van der Waals surface area contributed by atoms with Crippen LogP contribution in [-0.4, -0.2) is 36.5 Å². The van der Waals surface area contributed by atoms with Crippen molar-refractivity contribution >= 4 is 23.2 Å². The lowest BCUT2D eigenvalue weighted by Gasteiger charge is -2.17. The molecule has 0 spiro atoms. The van der Waals surface area contributed by atoms with E-state index in [4.69, 9.17) is 16.3 Å². The first-order valence-electron chi connectivity index (χ1n) is 8.08. The number of anilines is 1. The second kappa shape index (κ2) is 6.88. The SMILES string of the molecule is CN(CC(=O)Nc1ccc(OC2CCCC2)c(Cl)c1)C1CC1. The van der Waals surface area contributed by atoms with Gasteiger partial charge in [0.15, 0.2) is 0 Å². The van der Waals surface area contributed by atoms with E-state index in [9.17, 15) is 4.79 Å². The Labute approximate surface area is 136 Å². The molecule has 0 aromatic heterocycles. The summed E-state index contributed by atoms with van der Waals surface area (Å²) in [4.78, 5) is 14.1. The fraction of sp³-hybridized carbons (Fsp3) is 0.588. The second-order valence-corrected chi connectivity index (χ2v) is 6.77. The molecule has 0 bridgehead atoms. The number of rotatable bonds is 6. The van der Waals surface area contributed by atoms with E-state index in [-0.39, 0.29) is 12.0 Å². The quantitative estimate of drug-likeness (QED) is 0.868. The maximum absolute atomic E-state index is 12.0. The lowest BCUT2D eigenvalue weighted by Crippen LogP contribution is -2.31. The number of carbonyl (C=O) groups excluding carboxylic acids is 1. The number of nitrogens with zero attached hydrogens (tertiary/aromatic N) is 1. The molecular weight excluding hydrogens is 300 g/mol. The van der Waals surface area contributed by atoms with Crippen molar-refractivity contribution in [3.8, 4) is 5.75 Å². The third-order valence-corrected chi connectivity index (χ3v) is 4.67. The third kappa shape index (κ3) is 4.14. The van der Waals surface area contributed by atoms with Crippen LogP contribution in [0, 0.1) is 0 Å². The first-order chi connectivity index (χ1) is 10.6. The number of hydrogen-bond acceptors (Lipinski definition) is 3. The van der Waals surface area contributed by atoms with Gasteiger partial charge in [-0.3, -0.25) is 9.69 Å². The molecule has 0 unspecified atom stereocenters. The van der Waals surface area contributed by atoms with Gasteiger partial charge in [0.2, 0.25) is 5.91 Å². The van der Waals surface area contributed by atoms with Crippen LogP contribution in [0.2, 0.25) is 5.02 Å². The zero-order valence-electron chi connectivity index (χ0n) is 13.0. The normalized spacial score (nSPS) is 18.7. The van der Waals surface area contributed by atoms with Crippen LogP contribution in [-0.2, 0) is 4.79 Å². The number of halogens is 1. The van der Waals surface area contributed by atoms with Crippen LogP contribution < -0.4 is 10.1 Å². The Morgan fingerprint density at radius 2 is 2.05 bits per heavy atom. The number of likely N-dealkylation sites (N-methyl/N-ethyl adjacent to an activating group) is 1.